The van der Waals surface area contributed by atoms with Crippen molar-refractivity contribution in [2.45, 2.75) is 51.3 Å². The minimum Gasteiger partial charge on any atom is -0.377 e. The van der Waals surface area contributed by atoms with Crippen molar-refractivity contribution in [3.05, 3.63) is 29.8 Å². The van der Waals surface area contributed by atoms with Crippen LogP contribution in [-0.4, -0.2) is 46.6 Å². The third kappa shape index (κ3) is 4.22. The second-order valence-corrected chi connectivity index (χ2v) is 7.12. The summed E-state index contributed by atoms with van der Waals surface area (Å²) < 4.78 is 19.1. The lowest BCUT2D eigenvalue weighted by Crippen LogP contribution is -2.46. The maximum absolute atomic E-state index is 13.3. The molecule has 3 atom stereocenters. The fraction of sp³-hybridized carbons (Fsp3) is 0.579. The third-order valence-corrected chi connectivity index (χ3v) is 4.98. The SMILES string of the molecule is CCCO[C@@H]1C[C@@H](C(=O)N(C)Cc2nc3ccc(F)cc3[nH]2)CC[C@H]1N. The van der Waals surface area contributed by atoms with E-state index in [9.17, 15) is 9.18 Å². The van der Waals surface area contributed by atoms with Crippen molar-refractivity contribution < 1.29 is 13.9 Å². The average Bonchev–Trinajstić information content (AvgIpc) is 3.01. The molecule has 0 bridgehead atoms. The molecular weight excluding hydrogens is 335 g/mol. The second kappa shape index (κ2) is 8.14. The van der Waals surface area contributed by atoms with E-state index in [1.807, 2.05) is 0 Å². The number of fused-ring (bicyclic) bond motifs is 1. The number of aromatic nitrogens is 2. The van der Waals surface area contributed by atoms with Gasteiger partial charge in [-0.3, -0.25) is 4.79 Å². The van der Waals surface area contributed by atoms with Gasteiger partial charge < -0.3 is 20.4 Å². The summed E-state index contributed by atoms with van der Waals surface area (Å²) in [5.74, 6) is 0.332. The number of hydrogen-bond acceptors (Lipinski definition) is 4. The number of aromatic amines is 1. The molecule has 0 unspecified atom stereocenters. The van der Waals surface area contributed by atoms with Crippen molar-refractivity contribution in [2.75, 3.05) is 13.7 Å². The molecule has 0 radical (unpaired) electrons. The van der Waals surface area contributed by atoms with Crippen LogP contribution >= 0.6 is 0 Å². The van der Waals surface area contributed by atoms with Gasteiger partial charge in [0.15, 0.2) is 0 Å². The highest BCUT2D eigenvalue weighted by molar-refractivity contribution is 5.79. The van der Waals surface area contributed by atoms with Crippen LogP contribution in [0.2, 0.25) is 0 Å². The van der Waals surface area contributed by atoms with Crippen LogP contribution in [0.4, 0.5) is 4.39 Å². The molecule has 6 nitrogen and oxygen atoms in total. The number of amides is 1. The molecule has 26 heavy (non-hydrogen) atoms. The predicted octanol–water partition coefficient (Wildman–Crippen LogP) is 2.58. The lowest BCUT2D eigenvalue weighted by Gasteiger charge is -2.34. The largest absolute Gasteiger partial charge is 0.377 e. The minimum absolute atomic E-state index is 0.00109. The summed E-state index contributed by atoms with van der Waals surface area (Å²) in [6.07, 6.45) is 3.12. The van der Waals surface area contributed by atoms with Crippen LogP contribution < -0.4 is 5.73 Å². The Morgan fingerprint density at radius 2 is 2.27 bits per heavy atom. The number of benzene rings is 1. The van der Waals surface area contributed by atoms with Crippen LogP contribution in [0.1, 0.15) is 38.4 Å². The van der Waals surface area contributed by atoms with E-state index >= 15 is 0 Å². The number of imidazole rings is 1. The zero-order valence-electron chi connectivity index (χ0n) is 15.4. The maximum atomic E-state index is 13.3. The number of carbonyl (C=O) groups excluding carboxylic acids is 1. The Kier molecular flexibility index (Phi) is 5.88. The molecule has 7 heteroatoms. The van der Waals surface area contributed by atoms with E-state index in [1.54, 1.807) is 18.0 Å². The smallest absolute Gasteiger partial charge is 0.225 e. The molecule has 1 aliphatic rings. The Bertz CT molecular complexity index is 763. The zero-order chi connectivity index (χ0) is 18.7. The Balaban J connectivity index is 1.62. The van der Waals surface area contributed by atoms with E-state index in [1.165, 1.54) is 12.1 Å². The van der Waals surface area contributed by atoms with Gasteiger partial charge in [-0.2, -0.15) is 0 Å². The summed E-state index contributed by atoms with van der Waals surface area (Å²) in [5, 5.41) is 0. The molecule has 0 spiro atoms. The number of carbonyl (C=O) groups is 1. The van der Waals surface area contributed by atoms with Gasteiger partial charge in [0.25, 0.3) is 0 Å². The van der Waals surface area contributed by atoms with Crippen molar-refractivity contribution in [3.63, 3.8) is 0 Å². The van der Waals surface area contributed by atoms with Gasteiger partial charge in [-0.05, 0) is 43.9 Å². The van der Waals surface area contributed by atoms with Crippen LogP contribution in [-0.2, 0) is 16.1 Å². The molecule has 1 aliphatic carbocycles. The molecule has 3 rings (SSSR count). The molecule has 1 saturated carbocycles. The standard InChI is InChI=1S/C19H27FN4O2/c1-3-8-26-17-9-12(4-6-14(17)21)19(25)24(2)11-18-22-15-7-5-13(20)10-16(15)23-18/h5,7,10,12,14,17H,3-4,6,8-9,11,21H2,1-2H3,(H,22,23)/t12-,14+,17+/m0/s1. The first-order valence-electron chi connectivity index (χ1n) is 9.24. The molecule has 142 valence electrons. The molecular formula is C19H27FN4O2. The van der Waals surface area contributed by atoms with Gasteiger partial charge in [-0.15, -0.1) is 0 Å². The molecule has 1 heterocycles. The highest BCUT2D eigenvalue weighted by atomic mass is 19.1. The molecule has 3 N–H and O–H groups in total. The van der Waals surface area contributed by atoms with E-state index < -0.39 is 0 Å². The first-order chi connectivity index (χ1) is 12.5. The van der Waals surface area contributed by atoms with Gasteiger partial charge in [-0.1, -0.05) is 6.92 Å². The first kappa shape index (κ1) is 18.8. The summed E-state index contributed by atoms with van der Waals surface area (Å²) in [5.41, 5.74) is 7.47. The van der Waals surface area contributed by atoms with E-state index in [0.29, 0.717) is 36.4 Å². The van der Waals surface area contributed by atoms with Crippen LogP contribution in [0.25, 0.3) is 11.0 Å². The van der Waals surface area contributed by atoms with Crippen molar-refractivity contribution in [2.24, 2.45) is 11.7 Å². The van der Waals surface area contributed by atoms with Crippen molar-refractivity contribution in [1.29, 1.82) is 0 Å². The molecule has 1 amide bonds. The van der Waals surface area contributed by atoms with Crippen LogP contribution in [0.5, 0.6) is 0 Å². The Morgan fingerprint density at radius 3 is 3.04 bits per heavy atom. The Hall–Kier alpha value is -1.99. The van der Waals surface area contributed by atoms with E-state index in [-0.39, 0.29) is 29.8 Å². The number of hydrogen-bond donors (Lipinski definition) is 2. The third-order valence-electron chi connectivity index (χ3n) is 4.98. The minimum atomic E-state index is -0.311. The highest BCUT2D eigenvalue weighted by Gasteiger charge is 2.34. The number of nitrogens with zero attached hydrogens (tertiary/aromatic N) is 2. The van der Waals surface area contributed by atoms with E-state index in [4.69, 9.17) is 10.5 Å². The summed E-state index contributed by atoms with van der Waals surface area (Å²) in [6.45, 7) is 3.09. The first-order valence-corrected chi connectivity index (χ1v) is 9.24. The van der Waals surface area contributed by atoms with Crippen molar-refractivity contribution in [1.82, 2.24) is 14.9 Å². The molecule has 0 saturated heterocycles. The van der Waals surface area contributed by atoms with Gasteiger partial charge in [0.1, 0.15) is 11.6 Å². The second-order valence-electron chi connectivity index (χ2n) is 7.12. The fourth-order valence-corrected chi connectivity index (χ4v) is 3.56. The molecule has 1 aromatic heterocycles. The summed E-state index contributed by atoms with van der Waals surface area (Å²) in [7, 11) is 1.77. The average molecular weight is 362 g/mol. The van der Waals surface area contributed by atoms with E-state index in [0.717, 1.165) is 19.3 Å². The summed E-state index contributed by atoms with van der Waals surface area (Å²) in [4.78, 5) is 22.0. The van der Waals surface area contributed by atoms with E-state index in [2.05, 4.69) is 16.9 Å². The summed E-state index contributed by atoms with van der Waals surface area (Å²) in [6, 6.07) is 4.42. The normalized spacial score (nSPS) is 23.3. The lowest BCUT2D eigenvalue weighted by molar-refractivity contribution is -0.138. The van der Waals surface area contributed by atoms with Crippen molar-refractivity contribution >= 4 is 16.9 Å². The fourth-order valence-electron chi connectivity index (χ4n) is 3.56. The number of rotatable bonds is 6. The Morgan fingerprint density at radius 1 is 1.46 bits per heavy atom. The highest BCUT2D eigenvalue weighted by Crippen LogP contribution is 2.28. The molecule has 1 aromatic carbocycles. The maximum Gasteiger partial charge on any atom is 0.225 e. The van der Waals surface area contributed by atoms with Gasteiger partial charge in [0.2, 0.25) is 5.91 Å². The lowest BCUT2D eigenvalue weighted by atomic mass is 9.83. The van der Waals surface area contributed by atoms with Crippen LogP contribution in [0.3, 0.4) is 0 Å². The van der Waals surface area contributed by atoms with Crippen LogP contribution in [0.15, 0.2) is 18.2 Å². The predicted molar refractivity (Wildman–Crippen MR) is 97.9 cm³/mol. The monoisotopic (exact) mass is 362 g/mol. The number of nitrogens with one attached hydrogen (secondary N) is 1. The zero-order valence-corrected chi connectivity index (χ0v) is 15.4. The van der Waals surface area contributed by atoms with Gasteiger partial charge in [0.05, 0.1) is 23.7 Å². The molecule has 1 fully saturated rings. The number of nitrogens with two attached hydrogens (primary N) is 1. The topological polar surface area (TPSA) is 84.2 Å². The quantitative estimate of drug-likeness (QED) is 0.827. The summed E-state index contributed by atoms with van der Waals surface area (Å²) >= 11 is 0. The number of ether oxygens (including phenoxy) is 1. The molecule has 0 aliphatic heterocycles. The van der Waals surface area contributed by atoms with Gasteiger partial charge in [0, 0.05) is 25.6 Å². The van der Waals surface area contributed by atoms with Crippen LogP contribution in [0, 0.1) is 11.7 Å². The van der Waals surface area contributed by atoms with Gasteiger partial charge >= 0.3 is 0 Å². The number of halogens is 1. The number of H-pyrrole nitrogens is 1. The van der Waals surface area contributed by atoms with Gasteiger partial charge in [-0.25, -0.2) is 9.37 Å². The Labute approximate surface area is 152 Å². The molecule has 2 aromatic rings. The van der Waals surface area contributed by atoms with Crippen molar-refractivity contribution in [3.8, 4) is 0 Å².